The molecule has 0 aromatic heterocycles. The molecule has 0 unspecified atom stereocenters. The lowest BCUT2D eigenvalue weighted by Crippen LogP contribution is -2.03. The zero-order chi connectivity index (χ0) is 9.84. The number of rotatable bonds is 5. The molecular formula is C10H13NO2. The van der Waals surface area contributed by atoms with Crippen LogP contribution in [0.4, 0.5) is 0 Å². The highest BCUT2D eigenvalue weighted by Crippen LogP contribution is 2.42. The van der Waals surface area contributed by atoms with Gasteiger partial charge in [0.25, 0.3) is 0 Å². The predicted molar refractivity (Wildman–Crippen MR) is 49.0 cm³/mol. The van der Waals surface area contributed by atoms with E-state index in [4.69, 9.17) is 0 Å². The number of aliphatic imine (C=N–C) groups is 1. The van der Waals surface area contributed by atoms with Crippen molar-refractivity contribution in [3.63, 3.8) is 0 Å². The third-order valence-electron chi connectivity index (χ3n) is 2.36. The van der Waals surface area contributed by atoms with Crippen LogP contribution in [0.25, 0.3) is 0 Å². The topological polar surface area (TPSA) is 46.5 Å². The Morgan fingerprint density at radius 2 is 2.38 bits per heavy atom. The van der Waals surface area contributed by atoms with Crippen LogP contribution in [-0.4, -0.2) is 18.4 Å². The highest BCUT2D eigenvalue weighted by atomic mass is 16.1. The van der Waals surface area contributed by atoms with Gasteiger partial charge in [0.1, 0.15) is 0 Å². The standard InChI is InChI=1S/C10H13NO2/c1-7(2)10(13)9-5-8(9)3-4-11-6-12/h8-9H,1,3-5H2,2H3/t8-,9+/m1/s1. The fourth-order valence-electron chi connectivity index (χ4n) is 1.48. The molecule has 0 aliphatic heterocycles. The van der Waals surface area contributed by atoms with Crippen molar-refractivity contribution in [2.24, 2.45) is 16.8 Å². The van der Waals surface area contributed by atoms with E-state index in [-0.39, 0.29) is 11.7 Å². The lowest BCUT2D eigenvalue weighted by atomic mass is 10.1. The Labute approximate surface area is 77.5 Å². The van der Waals surface area contributed by atoms with Gasteiger partial charge < -0.3 is 0 Å². The van der Waals surface area contributed by atoms with E-state index in [0.717, 1.165) is 12.8 Å². The first kappa shape index (κ1) is 9.87. The summed E-state index contributed by atoms with van der Waals surface area (Å²) in [5.41, 5.74) is 0.631. The van der Waals surface area contributed by atoms with Crippen LogP contribution in [0.5, 0.6) is 0 Å². The van der Waals surface area contributed by atoms with Crippen LogP contribution in [0.3, 0.4) is 0 Å². The van der Waals surface area contributed by atoms with Gasteiger partial charge >= 0.3 is 0 Å². The van der Waals surface area contributed by atoms with Gasteiger partial charge in [0.15, 0.2) is 5.78 Å². The summed E-state index contributed by atoms with van der Waals surface area (Å²) in [5, 5.41) is 0. The molecule has 0 saturated heterocycles. The van der Waals surface area contributed by atoms with Gasteiger partial charge in [0.2, 0.25) is 6.08 Å². The summed E-state index contributed by atoms with van der Waals surface area (Å²) in [6.45, 7) is 5.84. The minimum atomic E-state index is 0.152. The van der Waals surface area contributed by atoms with E-state index >= 15 is 0 Å². The zero-order valence-electron chi connectivity index (χ0n) is 7.75. The molecule has 0 radical (unpaired) electrons. The number of nitrogens with zero attached hydrogens (tertiary/aromatic N) is 1. The summed E-state index contributed by atoms with van der Waals surface area (Å²) in [5.74, 6) is 0.737. The minimum Gasteiger partial charge on any atom is -0.294 e. The largest absolute Gasteiger partial charge is 0.294 e. The van der Waals surface area contributed by atoms with Crippen molar-refractivity contribution in [1.29, 1.82) is 0 Å². The number of carbonyl (C=O) groups excluding carboxylic acids is 2. The molecule has 3 nitrogen and oxygen atoms in total. The lowest BCUT2D eigenvalue weighted by molar-refractivity contribution is -0.116. The Bertz CT molecular complexity index is 277. The molecule has 0 aromatic carbocycles. The third-order valence-corrected chi connectivity index (χ3v) is 2.36. The second kappa shape index (κ2) is 4.15. The molecule has 3 heteroatoms. The van der Waals surface area contributed by atoms with Gasteiger partial charge in [-0.15, -0.1) is 0 Å². The molecule has 2 atom stereocenters. The summed E-state index contributed by atoms with van der Waals surface area (Å²) < 4.78 is 0. The van der Waals surface area contributed by atoms with Crippen molar-refractivity contribution in [2.75, 3.05) is 6.54 Å². The van der Waals surface area contributed by atoms with Crippen LogP contribution in [0.15, 0.2) is 17.1 Å². The maximum atomic E-state index is 11.3. The molecule has 0 spiro atoms. The fourth-order valence-corrected chi connectivity index (χ4v) is 1.48. The van der Waals surface area contributed by atoms with E-state index < -0.39 is 0 Å². The van der Waals surface area contributed by atoms with Gasteiger partial charge in [-0.1, -0.05) is 6.58 Å². The second-order valence-electron chi connectivity index (χ2n) is 3.51. The maximum Gasteiger partial charge on any atom is 0.234 e. The minimum absolute atomic E-state index is 0.152. The van der Waals surface area contributed by atoms with E-state index in [1.165, 1.54) is 6.08 Å². The van der Waals surface area contributed by atoms with Crippen LogP contribution in [0.2, 0.25) is 0 Å². The Hall–Kier alpha value is -1.21. The number of hydrogen-bond donors (Lipinski definition) is 0. The molecule has 1 aliphatic rings. The Balaban J connectivity index is 2.26. The second-order valence-corrected chi connectivity index (χ2v) is 3.51. The average molecular weight is 179 g/mol. The number of Topliss-reactive ketones (excluding diaryl/α,β-unsaturated/α-hetero) is 1. The summed E-state index contributed by atoms with van der Waals surface area (Å²) in [7, 11) is 0. The molecule has 1 rings (SSSR count). The highest BCUT2D eigenvalue weighted by Gasteiger charge is 2.41. The van der Waals surface area contributed by atoms with Crippen LogP contribution in [0.1, 0.15) is 19.8 Å². The molecular weight excluding hydrogens is 166 g/mol. The first-order valence-electron chi connectivity index (χ1n) is 4.40. The molecule has 0 amide bonds. The number of ketones is 1. The first-order valence-corrected chi connectivity index (χ1v) is 4.40. The van der Waals surface area contributed by atoms with E-state index in [9.17, 15) is 9.59 Å². The number of carbonyl (C=O) groups is 1. The number of hydrogen-bond acceptors (Lipinski definition) is 3. The molecule has 13 heavy (non-hydrogen) atoms. The Kier molecular flexibility index (Phi) is 3.15. The van der Waals surface area contributed by atoms with Gasteiger partial charge in [-0.2, -0.15) is 0 Å². The molecule has 1 saturated carbocycles. The van der Waals surface area contributed by atoms with Crippen molar-refractivity contribution in [3.8, 4) is 0 Å². The van der Waals surface area contributed by atoms with Crippen LogP contribution >= 0.6 is 0 Å². The fraction of sp³-hybridized carbons (Fsp3) is 0.600. The average Bonchev–Trinajstić information content (AvgIpc) is 2.83. The number of isocyanates is 1. The van der Waals surface area contributed by atoms with Crippen LogP contribution < -0.4 is 0 Å². The molecule has 1 aliphatic carbocycles. The predicted octanol–water partition coefficient (Wildman–Crippen LogP) is 1.49. The summed E-state index contributed by atoms with van der Waals surface area (Å²) in [4.78, 5) is 24.5. The Morgan fingerprint density at radius 1 is 1.69 bits per heavy atom. The molecule has 0 N–H and O–H groups in total. The van der Waals surface area contributed by atoms with Crippen molar-refractivity contribution >= 4 is 11.9 Å². The van der Waals surface area contributed by atoms with Gasteiger partial charge in [-0.05, 0) is 31.3 Å². The first-order chi connectivity index (χ1) is 6.16. The van der Waals surface area contributed by atoms with Gasteiger partial charge in [-0.25, -0.2) is 9.79 Å². The number of allylic oxidation sites excluding steroid dienone is 1. The highest BCUT2D eigenvalue weighted by molar-refractivity contribution is 5.97. The van der Waals surface area contributed by atoms with Crippen LogP contribution in [0, 0.1) is 11.8 Å². The SMILES string of the molecule is C=C(C)C(=O)[C@H]1C[C@H]1CCN=C=O. The summed E-state index contributed by atoms with van der Waals surface area (Å²) in [6.07, 6.45) is 3.24. The van der Waals surface area contributed by atoms with E-state index in [1.807, 2.05) is 0 Å². The van der Waals surface area contributed by atoms with Crippen LogP contribution in [-0.2, 0) is 9.59 Å². The summed E-state index contributed by atoms with van der Waals surface area (Å²) >= 11 is 0. The van der Waals surface area contributed by atoms with Crippen molar-refractivity contribution in [1.82, 2.24) is 0 Å². The third kappa shape index (κ3) is 2.63. The maximum absolute atomic E-state index is 11.3. The Morgan fingerprint density at radius 3 is 2.92 bits per heavy atom. The molecule has 0 heterocycles. The zero-order valence-corrected chi connectivity index (χ0v) is 7.75. The van der Waals surface area contributed by atoms with Crippen molar-refractivity contribution in [2.45, 2.75) is 19.8 Å². The molecule has 70 valence electrons. The van der Waals surface area contributed by atoms with Gasteiger partial charge in [0.05, 0.1) is 6.54 Å². The van der Waals surface area contributed by atoms with E-state index in [1.54, 1.807) is 6.92 Å². The van der Waals surface area contributed by atoms with Crippen molar-refractivity contribution in [3.05, 3.63) is 12.2 Å². The molecule has 0 aromatic rings. The quantitative estimate of drug-likeness (QED) is 0.364. The van der Waals surface area contributed by atoms with E-state index in [2.05, 4.69) is 11.6 Å². The lowest BCUT2D eigenvalue weighted by Gasteiger charge is -1.96. The van der Waals surface area contributed by atoms with E-state index in [0.29, 0.717) is 18.0 Å². The van der Waals surface area contributed by atoms with Gasteiger partial charge in [-0.3, -0.25) is 4.79 Å². The van der Waals surface area contributed by atoms with Gasteiger partial charge in [0, 0.05) is 5.92 Å². The normalized spacial score (nSPS) is 24.7. The van der Waals surface area contributed by atoms with Crippen molar-refractivity contribution < 1.29 is 9.59 Å². The molecule has 0 bridgehead atoms. The monoisotopic (exact) mass is 179 g/mol. The molecule has 1 fully saturated rings. The smallest absolute Gasteiger partial charge is 0.234 e. The summed E-state index contributed by atoms with van der Waals surface area (Å²) in [6, 6.07) is 0.